The van der Waals surface area contributed by atoms with E-state index < -0.39 is 30.0 Å². The van der Waals surface area contributed by atoms with Crippen LogP contribution >= 0.6 is 22.9 Å². The van der Waals surface area contributed by atoms with Crippen molar-refractivity contribution in [2.75, 3.05) is 82.9 Å². The normalized spacial score (nSPS) is 16.3. The fraction of sp³-hybridized carbons (Fsp3) is 0.424. The maximum Gasteiger partial charge on any atom is 0.254 e. The largest absolute Gasteiger partial charge is 0.508 e. The van der Waals surface area contributed by atoms with Gasteiger partial charge in [-0.05, 0) is 70.1 Å². The summed E-state index contributed by atoms with van der Waals surface area (Å²) in [6.45, 7) is 11.5. The lowest BCUT2D eigenvalue weighted by Gasteiger charge is -2.36. The van der Waals surface area contributed by atoms with Crippen molar-refractivity contribution >= 4 is 80.0 Å². The summed E-state index contributed by atoms with van der Waals surface area (Å²) in [5.74, 6) is -1.93. The number of amides is 4. The van der Waals surface area contributed by atoms with Gasteiger partial charge in [0.25, 0.3) is 5.88 Å². The number of likely N-dealkylation sites (tertiary alicyclic amines) is 1. The zero-order chi connectivity index (χ0) is 57.6. The first-order valence-electron chi connectivity index (χ1n) is 27.2. The molecule has 2 aliphatic rings. The van der Waals surface area contributed by atoms with Crippen LogP contribution in [0, 0.1) is 18.7 Å². The monoisotopic (exact) mass is 1150 g/mol. The topological polar surface area (TPSA) is 220 Å². The van der Waals surface area contributed by atoms with Gasteiger partial charge >= 0.3 is 0 Å². The molecule has 4 aromatic carbocycles. The number of thiazole rings is 1. The summed E-state index contributed by atoms with van der Waals surface area (Å²) in [5.41, 5.74) is 5.10. The Morgan fingerprint density at radius 2 is 1.74 bits per heavy atom. The van der Waals surface area contributed by atoms with Gasteiger partial charge in [0.2, 0.25) is 29.6 Å². The molecule has 9 rings (SSSR count). The summed E-state index contributed by atoms with van der Waals surface area (Å²) in [6.07, 6.45) is -0.661. The van der Waals surface area contributed by atoms with Crippen molar-refractivity contribution in [1.82, 2.24) is 40.1 Å². The van der Waals surface area contributed by atoms with Gasteiger partial charge in [-0.1, -0.05) is 80.9 Å². The Labute approximate surface area is 478 Å². The first-order valence-corrected chi connectivity index (χ1v) is 28.5. The average Bonchev–Trinajstić information content (AvgIpc) is 4.25. The standard InChI is InChI=1S/C59H68ClFN10O9S/c1-8-42(32-79-49-29-48(80-66-49)51(34(2)3)58(77)71-31-41(74)27-47(71)57(76)62-30-37-13-15-38(16-14-37)55-35(4)63-33-81-55)78-24-23-70(18-17-50(75)67(6)7)59-64-54-45(56(65-59)69-21-19-68(20-22-69)36(5)72)28-46(60)52(53(54)61)44-26-40(73)25-39-11-9-10-12-43(39)44/h9-16,25-26,28-29,33-34,41-42,47,51,73-74H,8,17-24,27,30-32H2,1-7H3,(H,62,76)/t41-,42?,47+,51+/m1/s1. The molecule has 7 aromatic rings. The minimum Gasteiger partial charge on any atom is -0.508 e. The van der Waals surface area contributed by atoms with Crippen LogP contribution in [-0.4, -0.2) is 160 Å². The van der Waals surface area contributed by atoms with E-state index in [2.05, 4.69) is 15.5 Å². The van der Waals surface area contributed by atoms with Crippen LogP contribution in [-0.2, 0) is 30.5 Å². The number of aromatic nitrogens is 4. The van der Waals surface area contributed by atoms with Gasteiger partial charge in [0.15, 0.2) is 11.6 Å². The van der Waals surface area contributed by atoms with E-state index in [4.69, 9.17) is 35.6 Å². The number of anilines is 2. The highest BCUT2D eigenvalue weighted by atomic mass is 35.5. The van der Waals surface area contributed by atoms with Crippen molar-refractivity contribution in [3.63, 3.8) is 0 Å². The van der Waals surface area contributed by atoms with Crippen LogP contribution in [0.4, 0.5) is 16.2 Å². The molecule has 4 atom stereocenters. The molecule has 4 amide bonds. The van der Waals surface area contributed by atoms with Crippen LogP contribution in [0.15, 0.2) is 82.8 Å². The number of fused-ring (bicyclic) bond motifs is 2. The maximum atomic E-state index is 17.6. The second-order valence-corrected chi connectivity index (χ2v) is 22.4. The minimum atomic E-state index is -0.895. The molecule has 0 saturated carbocycles. The predicted octanol–water partition coefficient (Wildman–Crippen LogP) is 8.21. The third-order valence-corrected chi connectivity index (χ3v) is 16.3. The number of β-amino-alcohol motifs (C(OH)–C–C–N with tert-alkyl or cyclic N) is 1. The van der Waals surface area contributed by atoms with E-state index in [1.807, 2.05) is 86.6 Å². The maximum absolute atomic E-state index is 17.6. The van der Waals surface area contributed by atoms with E-state index in [-0.39, 0.29) is 121 Å². The number of carbonyl (C=O) groups excluding carboxylic acids is 4. The van der Waals surface area contributed by atoms with Gasteiger partial charge in [0.05, 0.1) is 39.9 Å². The Balaban J connectivity index is 0.899. The molecule has 2 saturated heterocycles. The second kappa shape index (κ2) is 25.6. The number of hydrogen-bond donors (Lipinski definition) is 3. The molecular weight excluding hydrogens is 1080 g/mol. The molecule has 81 heavy (non-hydrogen) atoms. The molecule has 0 spiro atoms. The lowest BCUT2D eigenvalue weighted by Crippen LogP contribution is -2.48. The molecule has 2 fully saturated rings. The van der Waals surface area contributed by atoms with E-state index in [0.29, 0.717) is 60.1 Å². The molecule has 1 unspecified atom stereocenters. The van der Waals surface area contributed by atoms with Gasteiger partial charge in [-0.25, -0.2) is 14.4 Å². The summed E-state index contributed by atoms with van der Waals surface area (Å²) < 4.78 is 35.8. The van der Waals surface area contributed by atoms with E-state index in [9.17, 15) is 29.4 Å². The number of benzene rings is 4. The first kappa shape index (κ1) is 58.2. The molecular formula is C59H68ClFN10O9S. The first-order chi connectivity index (χ1) is 38.9. The quantitative estimate of drug-likeness (QED) is 0.0617. The van der Waals surface area contributed by atoms with Crippen LogP contribution in [0.3, 0.4) is 0 Å². The van der Waals surface area contributed by atoms with Crippen molar-refractivity contribution in [2.45, 2.75) is 84.6 Å². The van der Waals surface area contributed by atoms with Gasteiger partial charge in [-0.2, -0.15) is 4.98 Å². The van der Waals surface area contributed by atoms with Gasteiger partial charge in [0.1, 0.15) is 35.7 Å². The van der Waals surface area contributed by atoms with E-state index in [1.54, 1.807) is 53.4 Å². The summed E-state index contributed by atoms with van der Waals surface area (Å²) in [5, 5.41) is 30.5. The van der Waals surface area contributed by atoms with Crippen LogP contribution in [0.2, 0.25) is 5.02 Å². The fourth-order valence-electron chi connectivity index (χ4n) is 10.5. The summed E-state index contributed by atoms with van der Waals surface area (Å²) in [7, 11) is 3.34. The van der Waals surface area contributed by atoms with E-state index in [0.717, 1.165) is 21.7 Å². The lowest BCUT2D eigenvalue weighted by molar-refractivity contribution is -0.141. The van der Waals surface area contributed by atoms with Crippen molar-refractivity contribution < 1.29 is 47.8 Å². The van der Waals surface area contributed by atoms with Crippen LogP contribution in [0.5, 0.6) is 11.6 Å². The summed E-state index contributed by atoms with van der Waals surface area (Å²) >= 11 is 8.58. The van der Waals surface area contributed by atoms with Gasteiger partial charge in [0, 0.05) is 103 Å². The van der Waals surface area contributed by atoms with Crippen molar-refractivity contribution in [2.24, 2.45) is 5.92 Å². The van der Waals surface area contributed by atoms with Crippen molar-refractivity contribution in [1.29, 1.82) is 0 Å². The average molecular weight is 1150 g/mol. The molecule has 3 aromatic heterocycles. The molecule has 0 radical (unpaired) electrons. The highest BCUT2D eigenvalue weighted by Gasteiger charge is 2.43. The number of aliphatic hydroxyl groups is 1. The molecule has 19 nitrogen and oxygen atoms in total. The Morgan fingerprint density at radius 3 is 2.43 bits per heavy atom. The second-order valence-electron chi connectivity index (χ2n) is 21.1. The molecule has 3 N–H and O–H groups in total. The number of phenolic OH excluding ortho intramolecular Hbond substituents is 1. The highest BCUT2D eigenvalue weighted by Crippen LogP contribution is 2.43. The number of halogens is 2. The predicted molar refractivity (Wildman–Crippen MR) is 309 cm³/mol. The summed E-state index contributed by atoms with van der Waals surface area (Å²) in [6, 6.07) is 20.6. The Hall–Kier alpha value is -7.46. The Bertz CT molecular complexity index is 3410. The number of ether oxygens (including phenoxy) is 2. The van der Waals surface area contributed by atoms with Gasteiger partial charge in [-0.3, -0.25) is 19.2 Å². The van der Waals surface area contributed by atoms with Gasteiger partial charge < -0.3 is 54.0 Å². The number of aromatic hydroxyl groups is 1. The Morgan fingerprint density at radius 1 is 0.988 bits per heavy atom. The number of phenols is 1. The zero-order valence-corrected chi connectivity index (χ0v) is 48.1. The third-order valence-electron chi connectivity index (χ3n) is 15.0. The lowest BCUT2D eigenvalue weighted by atomic mass is 9.91. The molecule has 0 aliphatic carbocycles. The van der Waals surface area contributed by atoms with Crippen molar-refractivity contribution in [3.05, 3.63) is 106 Å². The SMILES string of the molecule is CCC(COc1cc([C@@H](C(=O)N2C[C@H](O)C[C@H]2C(=O)NCc2ccc(-c3scnc3C)cc2)C(C)C)on1)OCCN(CCC(=O)N(C)C)c1nc(N2CCN(C(C)=O)CC2)c2cc(Cl)c(-c3cc(O)cc4ccccc34)c(F)c2n1. The molecule has 22 heteroatoms. The zero-order valence-electron chi connectivity index (χ0n) is 46.5. The van der Waals surface area contributed by atoms with Crippen LogP contribution in [0.25, 0.3) is 43.2 Å². The van der Waals surface area contributed by atoms with E-state index in [1.165, 1.54) is 22.8 Å². The number of hydrogen-bond acceptors (Lipinski definition) is 16. The minimum absolute atomic E-state index is 0.0161. The third kappa shape index (κ3) is 13.2. The number of piperazine rings is 1. The van der Waals surface area contributed by atoms with Crippen molar-refractivity contribution in [3.8, 4) is 33.2 Å². The van der Waals surface area contributed by atoms with E-state index >= 15 is 4.39 Å². The fourth-order valence-corrected chi connectivity index (χ4v) is 11.6. The number of carbonyl (C=O) groups is 4. The molecule has 0 bridgehead atoms. The molecule has 428 valence electrons. The highest BCUT2D eigenvalue weighted by molar-refractivity contribution is 7.13. The summed E-state index contributed by atoms with van der Waals surface area (Å²) in [4.78, 5) is 77.3. The molecule has 5 heterocycles. The number of aryl methyl sites for hydroxylation is 1. The smallest absolute Gasteiger partial charge is 0.254 e. The number of rotatable bonds is 21. The van der Waals surface area contributed by atoms with Crippen LogP contribution < -0.4 is 19.9 Å². The number of nitrogens with one attached hydrogen (secondary N) is 1. The number of aliphatic hydroxyl groups excluding tert-OH is 1. The van der Waals surface area contributed by atoms with Gasteiger partial charge in [-0.15, -0.1) is 11.3 Å². The molecule has 2 aliphatic heterocycles. The Kier molecular flexibility index (Phi) is 18.4. The number of nitrogens with zero attached hydrogens (tertiary/aromatic N) is 9. The van der Waals surface area contributed by atoms with Crippen LogP contribution in [0.1, 0.15) is 69.9 Å².